The molecule has 5 heteroatoms. The van der Waals surface area contributed by atoms with Gasteiger partial charge in [0.2, 0.25) is 5.43 Å². The van der Waals surface area contributed by atoms with Crippen molar-refractivity contribution in [1.29, 1.82) is 0 Å². The van der Waals surface area contributed by atoms with Gasteiger partial charge in [-0.05, 0) is 12.5 Å². The topological polar surface area (TPSA) is 83.1 Å². The maximum absolute atomic E-state index is 11.7. The molecule has 0 aliphatic rings. The fraction of sp³-hybridized carbons (Fsp3) is 0.100. The van der Waals surface area contributed by atoms with Crippen LogP contribution in [-0.4, -0.2) is 21.0 Å². The number of carbonyl (C=O) groups is 1. The van der Waals surface area contributed by atoms with Crippen LogP contribution in [0.15, 0.2) is 23.4 Å². The maximum Gasteiger partial charge on any atom is 0.341 e. The van der Waals surface area contributed by atoms with E-state index in [1.165, 1.54) is 12.4 Å². The molecule has 0 atom stereocenters. The van der Waals surface area contributed by atoms with Crippen molar-refractivity contribution in [3.8, 4) is 0 Å². The molecule has 2 rings (SSSR count). The van der Waals surface area contributed by atoms with Gasteiger partial charge in [0.25, 0.3) is 0 Å². The zero-order valence-corrected chi connectivity index (χ0v) is 7.94. The molecule has 0 unspecified atom stereocenters. The van der Waals surface area contributed by atoms with Gasteiger partial charge >= 0.3 is 5.97 Å². The van der Waals surface area contributed by atoms with Crippen molar-refractivity contribution in [1.82, 2.24) is 9.97 Å². The first kappa shape index (κ1) is 9.39. The molecule has 2 heterocycles. The summed E-state index contributed by atoms with van der Waals surface area (Å²) in [5.41, 5.74) is 0.656. The van der Waals surface area contributed by atoms with Gasteiger partial charge in [0.15, 0.2) is 0 Å². The molecule has 76 valence electrons. The standard InChI is InChI=1S/C10H8N2O3/c1-5-2-11-3-6-8(5)12-4-7(9(6)13)10(14)15/h2-4H,1H3,(H,12,13)(H,14,15). The highest BCUT2D eigenvalue weighted by Crippen LogP contribution is 2.10. The van der Waals surface area contributed by atoms with E-state index in [0.29, 0.717) is 10.9 Å². The number of rotatable bonds is 1. The highest BCUT2D eigenvalue weighted by molar-refractivity contribution is 5.92. The Labute approximate surface area is 84.4 Å². The summed E-state index contributed by atoms with van der Waals surface area (Å²) in [7, 11) is 0. The van der Waals surface area contributed by atoms with Crippen LogP contribution >= 0.6 is 0 Å². The van der Waals surface area contributed by atoms with E-state index in [1.807, 2.05) is 0 Å². The number of carboxylic acids is 1. The highest BCUT2D eigenvalue weighted by Gasteiger charge is 2.11. The minimum atomic E-state index is -1.24. The molecule has 2 N–H and O–H groups in total. The average Bonchev–Trinajstić information content (AvgIpc) is 2.19. The first-order valence-electron chi connectivity index (χ1n) is 4.30. The van der Waals surface area contributed by atoms with Crippen LogP contribution in [0.3, 0.4) is 0 Å². The Bertz CT molecular complexity index is 601. The van der Waals surface area contributed by atoms with Crippen molar-refractivity contribution in [2.24, 2.45) is 0 Å². The molecule has 0 amide bonds. The molecule has 0 saturated carbocycles. The summed E-state index contributed by atoms with van der Waals surface area (Å²) in [4.78, 5) is 29.0. The highest BCUT2D eigenvalue weighted by atomic mass is 16.4. The van der Waals surface area contributed by atoms with Crippen molar-refractivity contribution >= 4 is 16.9 Å². The quantitative estimate of drug-likeness (QED) is 0.723. The minimum Gasteiger partial charge on any atom is -0.477 e. The number of aryl methyl sites for hydroxylation is 1. The van der Waals surface area contributed by atoms with E-state index < -0.39 is 11.4 Å². The van der Waals surface area contributed by atoms with Crippen LogP contribution in [0.5, 0.6) is 0 Å². The lowest BCUT2D eigenvalue weighted by atomic mass is 10.1. The first-order chi connectivity index (χ1) is 7.11. The Hall–Kier alpha value is -2.17. The Morgan fingerprint density at radius 1 is 1.47 bits per heavy atom. The van der Waals surface area contributed by atoms with E-state index in [0.717, 1.165) is 5.56 Å². The molecule has 0 saturated heterocycles. The van der Waals surface area contributed by atoms with E-state index in [1.54, 1.807) is 13.1 Å². The number of aromatic carboxylic acids is 1. The van der Waals surface area contributed by atoms with Crippen molar-refractivity contribution in [3.05, 3.63) is 39.9 Å². The number of hydrogen-bond donors (Lipinski definition) is 2. The number of nitrogens with zero attached hydrogens (tertiary/aromatic N) is 1. The Kier molecular flexibility index (Phi) is 2.00. The number of fused-ring (bicyclic) bond motifs is 1. The Morgan fingerprint density at radius 3 is 2.87 bits per heavy atom. The maximum atomic E-state index is 11.7. The predicted octanol–water partition coefficient (Wildman–Crippen LogP) is 0.930. The van der Waals surface area contributed by atoms with Crippen molar-refractivity contribution < 1.29 is 9.90 Å². The van der Waals surface area contributed by atoms with Gasteiger partial charge in [0.1, 0.15) is 5.56 Å². The SMILES string of the molecule is Cc1cncc2c(=O)c(C(=O)O)c[nH]c12. The lowest BCUT2D eigenvalue weighted by Crippen LogP contribution is -2.15. The fourth-order valence-corrected chi connectivity index (χ4v) is 1.44. The number of carboxylic acid groups (broad SMARTS) is 1. The molecule has 0 aliphatic carbocycles. The Morgan fingerprint density at radius 2 is 2.20 bits per heavy atom. The van der Waals surface area contributed by atoms with Crippen molar-refractivity contribution in [2.45, 2.75) is 6.92 Å². The van der Waals surface area contributed by atoms with Crippen molar-refractivity contribution in [2.75, 3.05) is 0 Å². The summed E-state index contributed by atoms with van der Waals surface area (Å²) < 4.78 is 0. The van der Waals surface area contributed by atoms with Gasteiger partial charge in [-0.2, -0.15) is 0 Å². The zero-order valence-electron chi connectivity index (χ0n) is 7.94. The summed E-state index contributed by atoms with van der Waals surface area (Å²) in [6, 6.07) is 0. The molecule has 0 aliphatic heterocycles. The largest absolute Gasteiger partial charge is 0.477 e. The van der Waals surface area contributed by atoms with Gasteiger partial charge in [-0.15, -0.1) is 0 Å². The van der Waals surface area contributed by atoms with E-state index in [4.69, 9.17) is 5.11 Å². The van der Waals surface area contributed by atoms with Gasteiger partial charge in [-0.1, -0.05) is 0 Å². The van der Waals surface area contributed by atoms with Gasteiger partial charge in [0, 0.05) is 18.6 Å². The van der Waals surface area contributed by atoms with Crippen LogP contribution < -0.4 is 5.43 Å². The zero-order chi connectivity index (χ0) is 11.0. The molecular weight excluding hydrogens is 196 g/mol. The summed E-state index contributed by atoms with van der Waals surface area (Å²) >= 11 is 0. The van der Waals surface area contributed by atoms with Gasteiger partial charge < -0.3 is 10.1 Å². The number of nitrogens with one attached hydrogen (secondary N) is 1. The number of aromatic nitrogens is 2. The fourth-order valence-electron chi connectivity index (χ4n) is 1.44. The number of H-pyrrole nitrogens is 1. The lowest BCUT2D eigenvalue weighted by Gasteiger charge is -2.01. The third-order valence-corrected chi connectivity index (χ3v) is 2.22. The van der Waals surface area contributed by atoms with Crippen LogP contribution in [0, 0.1) is 6.92 Å². The van der Waals surface area contributed by atoms with Crippen LogP contribution in [-0.2, 0) is 0 Å². The molecule has 0 aromatic carbocycles. The predicted molar refractivity (Wildman–Crippen MR) is 54.1 cm³/mol. The summed E-state index contributed by atoms with van der Waals surface area (Å²) in [5, 5.41) is 9.05. The molecule has 0 bridgehead atoms. The van der Waals surface area contributed by atoms with Crippen LogP contribution in [0.1, 0.15) is 15.9 Å². The van der Waals surface area contributed by atoms with Gasteiger partial charge in [0.05, 0.1) is 10.9 Å². The monoisotopic (exact) mass is 204 g/mol. The van der Waals surface area contributed by atoms with Gasteiger partial charge in [-0.25, -0.2) is 4.79 Å². The number of hydrogen-bond acceptors (Lipinski definition) is 3. The summed E-state index contributed by atoms with van der Waals surface area (Å²) in [5.74, 6) is -1.24. The smallest absolute Gasteiger partial charge is 0.341 e. The number of aromatic amines is 1. The molecule has 15 heavy (non-hydrogen) atoms. The second-order valence-electron chi connectivity index (χ2n) is 3.22. The molecule has 0 spiro atoms. The summed E-state index contributed by atoms with van der Waals surface area (Å²) in [6.07, 6.45) is 4.19. The first-order valence-corrected chi connectivity index (χ1v) is 4.30. The molecular formula is C10H8N2O3. The van der Waals surface area contributed by atoms with Crippen molar-refractivity contribution in [3.63, 3.8) is 0 Å². The normalized spacial score (nSPS) is 10.5. The molecule has 5 nitrogen and oxygen atoms in total. The molecule has 0 fully saturated rings. The number of pyridine rings is 2. The van der Waals surface area contributed by atoms with Crippen LogP contribution in [0.4, 0.5) is 0 Å². The summed E-state index contributed by atoms with van der Waals surface area (Å²) in [6.45, 7) is 1.80. The van der Waals surface area contributed by atoms with Gasteiger partial charge in [-0.3, -0.25) is 9.78 Å². The van der Waals surface area contributed by atoms with E-state index in [-0.39, 0.29) is 5.56 Å². The third-order valence-electron chi connectivity index (χ3n) is 2.22. The van der Waals surface area contributed by atoms with E-state index in [2.05, 4.69) is 9.97 Å². The Balaban J connectivity index is 2.92. The van der Waals surface area contributed by atoms with E-state index >= 15 is 0 Å². The van der Waals surface area contributed by atoms with Crippen LogP contribution in [0.25, 0.3) is 10.9 Å². The minimum absolute atomic E-state index is 0.269. The second kappa shape index (κ2) is 3.20. The molecule has 2 aromatic rings. The third kappa shape index (κ3) is 1.38. The van der Waals surface area contributed by atoms with Crippen LogP contribution in [0.2, 0.25) is 0 Å². The second-order valence-corrected chi connectivity index (χ2v) is 3.22. The van der Waals surface area contributed by atoms with E-state index in [9.17, 15) is 9.59 Å². The molecule has 2 aromatic heterocycles. The lowest BCUT2D eigenvalue weighted by molar-refractivity contribution is 0.0695. The molecule has 0 radical (unpaired) electrons. The average molecular weight is 204 g/mol.